The van der Waals surface area contributed by atoms with Gasteiger partial charge in [-0.05, 0) is 13.0 Å². The quantitative estimate of drug-likeness (QED) is 0.224. The molecule has 0 atom stereocenters. The summed E-state index contributed by atoms with van der Waals surface area (Å²) in [6, 6.07) is 0. The minimum atomic E-state index is 0.626. The van der Waals surface area contributed by atoms with Crippen molar-refractivity contribution in [2.45, 2.75) is 13.3 Å². The molecule has 17 heavy (non-hydrogen) atoms. The maximum atomic E-state index is 5.50. The molecule has 1 rings (SSSR count). The molecule has 0 saturated carbocycles. The van der Waals surface area contributed by atoms with Crippen molar-refractivity contribution in [1.29, 1.82) is 0 Å². The summed E-state index contributed by atoms with van der Waals surface area (Å²) < 4.78 is 4.97. The molecule has 6 nitrogen and oxygen atoms in total. The Hall–Kier alpha value is -0.850. The van der Waals surface area contributed by atoms with E-state index in [4.69, 9.17) is 10.6 Å². The van der Waals surface area contributed by atoms with Crippen LogP contribution in [0.15, 0.2) is 4.99 Å². The summed E-state index contributed by atoms with van der Waals surface area (Å²) in [5, 5.41) is 0. The number of nitrogens with zero attached hydrogens (tertiary/aromatic N) is 3. The summed E-state index contributed by atoms with van der Waals surface area (Å²) in [4.78, 5) is 9.06. The van der Waals surface area contributed by atoms with Crippen LogP contribution in [0.25, 0.3) is 0 Å². The molecule has 1 saturated heterocycles. The van der Waals surface area contributed by atoms with Gasteiger partial charge in [-0.25, -0.2) is 10.8 Å². The highest BCUT2D eigenvalue weighted by Crippen LogP contribution is 2.02. The van der Waals surface area contributed by atoms with Crippen LogP contribution in [0.2, 0.25) is 0 Å². The predicted octanol–water partition coefficient (Wildman–Crippen LogP) is -0.520. The fourth-order valence-corrected chi connectivity index (χ4v) is 1.98. The minimum absolute atomic E-state index is 0.626. The summed E-state index contributed by atoms with van der Waals surface area (Å²) in [6.45, 7) is 8.79. The molecule has 1 aliphatic heterocycles. The van der Waals surface area contributed by atoms with E-state index in [-0.39, 0.29) is 0 Å². The molecule has 0 aromatic heterocycles. The first-order chi connectivity index (χ1) is 8.31. The largest absolute Gasteiger partial charge is 0.383 e. The van der Waals surface area contributed by atoms with Crippen LogP contribution in [0.1, 0.15) is 13.3 Å². The van der Waals surface area contributed by atoms with Crippen molar-refractivity contribution >= 4 is 5.96 Å². The number of aliphatic imine (C=N–C) groups is 1. The second-order valence-corrected chi connectivity index (χ2v) is 4.17. The number of methoxy groups -OCH3 is 1. The summed E-state index contributed by atoms with van der Waals surface area (Å²) in [6.07, 6.45) is 1.21. The van der Waals surface area contributed by atoms with E-state index in [1.807, 2.05) is 0 Å². The van der Waals surface area contributed by atoms with Crippen LogP contribution in [0, 0.1) is 0 Å². The molecule has 1 heterocycles. The van der Waals surface area contributed by atoms with Gasteiger partial charge >= 0.3 is 0 Å². The Morgan fingerprint density at radius 1 is 1.35 bits per heavy atom. The molecule has 100 valence electrons. The number of hydrazine groups is 1. The number of guanidine groups is 1. The molecule has 0 bridgehead atoms. The molecule has 0 spiro atoms. The number of piperazine rings is 1. The smallest absolute Gasteiger partial charge is 0.208 e. The average molecular weight is 243 g/mol. The Morgan fingerprint density at radius 2 is 2.06 bits per heavy atom. The number of hydrogen-bond donors (Lipinski definition) is 2. The second kappa shape index (κ2) is 8.27. The van der Waals surface area contributed by atoms with E-state index in [0.717, 1.165) is 32.1 Å². The SMILES string of the molecule is CCCN1CCN(C(=NCCOC)NN)CC1. The van der Waals surface area contributed by atoms with E-state index < -0.39 is 0 Å². The highest BCUT2D eigenvalue weighted by atomic mass is 16.5. The molecule has 1 fully saturated rings. The molecule has 0 radical (unpaired) electrons. The number of nitrogens with one attached hydrogen (secondary N) is 1. The Bertz CT molecular complexity index is 226. The third-order valence-corrected chi connectivity index (χ3v) is 2.90. The first-order valence-electron chi connectivity index (χ1n) is 6.29. The third-order valence-electron chi connectivity index (χ3n) is 2.90. The van der Waals surface area contributed by atoms with Gasteiger partial charge in [0.25, 0.3) is 0 Å². The van der Waals surface area contributed by atoms with Crippen LogP contribution >= 0.6 is 0 Å². The highest BCUT2D eigenvalue weighted by Gasteiger charge is 2.18. The van der Waals surface area contributed by atoms with Gasteiger partial charge in [0.1, 0.15) is 0 Å². The summed E-state index contributed by atoms with van der Waals surface area (Å²) in [5.41, 5.74) is 2.68. The van der Waals surface area contributed by atoms with Crippen LogP contribution in [0.3, 0.4) is 0 Å². The van der Waals surface area contributed by atoms with Gasteiger partial charge in [0, 0.05) is 33.3 Å². The van der Waals surface area contributed by atoms with Crippen molar-refractivity contribution in [3.05, 3.63) is 0 Å². The molecule has 0 aromatic rings. The van der Waals surface area contributed by atoms with Gasteiger partial charge in [-0.15, -0.1) is 0 Å². The minimum Gasteiger partial charge on any atom is -0.383 e. The molecular formula is C11H25N5O. The standard InChI is InChI=1S/C11H25N5O/c1-3-5-15-6-8-16(9-7-15)11(14-12)13-4-10-17-2/h3-10,12H2,1-2H3,(H,13,14). The average Bonchev–Trinajstić information content (AvgIpc) is 2.36. The lowest BCUT2D eigenvalue weighted by Crippen LogP contribution is -2.54. The normalized spacial score (nSPS) is 18.5. The number of ether oxygens (including phenoxy) is 1. The Morgan fingerprint density at radius 3 is 2.59 bits per heavy atom. The second-order valence-electron chi connectivity index (χ2n) is 4.17. The Labute approximate surface area is 104 Å². The van der Waals surface area contributed by atoms with Crippen LogP contribution in [0.5, 0.6) is 0 Å². The lowest BCUT2D eigenvalue weighted by atomic mass is 10.3. The van der Waals surface area contributed by atoms with Crippen molar-refractivity contribution in [3.8, 4) is 0 Å². The zero-order chi connectivity index (χ0) is 12.5. The van der Waals surface area contributed by atoms with Gasteiger partial charge in [0.15, 0.2) is 0 Å². The maximum Gasteiger partial charge on any atom is 0.208 e. The number of hydrogen-bond acceptors (Lipinski definition) is 4. The highest BCUT2D eigenvalue weighted by molar-refractivity contribution is 5.79. The van der Waals surface area contributed by atoms with E-state index in [9.17, 15) is 0 Å². The predicted molar refractivity (Wildman–Crippen MR) is 69.8 cm³/mol. The molecule has 6 heteroatoms. The Balaban J connectivity index is 2.36. The lowest BCUT2D eigenvalue weighted by Gasteiger charge is -2.35. The van der Waals surface area contributed by atoms with Crippen LogP contribution in [0.4, 0.5) is 0 Å². The van der Waals surface area contributed by atoms with Crippen molar-refractivity contribution in [2.24, 2.45) is 10.8 Å². The van der Waals surface area contributed by atoms with Crippen molar-refractivity contribution in [2.75, 3.05) is 53.0 Å². The van der Waals surface area contributed by atoms with Crippen molar-refractivity contribution in [3.63, 3.8) is 0 Å². The lowest BCUT2D eigenvalue weighted by molar-refractivity contribution is 0.178. The van der Waals surface area contributed by atoms with Crippen molar-refractivity contribution in [1.82, 2.24) is 15.2 Å². The Kier molecular flexibility index (Phi) is 6.91. The van der Waals surface area contributed by atoms with Crippen molar-refractivity contribution < 1.29 is 4.74 Å². The van der Waals surface area contributed by atoms with Gasteiger partial charge in [-0.1, -0.05) is 6.92 Å². The fraction of sp³-hybridized carbons (Fsp3) is 0.909. The first kappa shape index (κ1) is 14.2. The topological polar surface area (TPSA) is 66.1 Å². The summed E-state index contributed by atoms with van der Waals surface area (Å²) >= 11 is 0. The number of rotatable bonds is 5. The molecule has 0 unspecified atom stereocenters. The van der Waals surface area contributed by atoms with E-state index in [0.29, 0.717) is 13.2 Å². The fourth-order valence-electron chi connectivity index (χ4n) is 1.98. The van der Waals surface area contributed by atoms with E-state index in [2.05, 4.69) is 27.1 Å². The third kappa shape index (κ3) is 4.89. The molecule has 1 aliphatic rings. The van der Waals surface area contributed by atoms with E-state index in [1.54, 1.807) is 7.11 Å². The molecule has 3 N–H and O–H groups in total. The van der Waals surface area contributed by atoms with Crippen LogP contribution < -0.4 is 11.3 Å². The van der Waals surface area contributed by atoms with E-state index in [1.165, 1.54) is 13.0 Å². The molecular weight excluding hydrogens is 218 g/mol. The molecule has 0 aromatic carbocycles. The monoisotopic (exact) mass is 243 g/mol. The number of nitrogens with two attached hydrogens (primary N) is 1. The first-order valence-corrected chi connectivity index (χ1v) is 6.29. The molecule has 0 aliphatic carbocycles. The zero-order valence-corrected chi connectivity index (χ0v) is 11.0. The van der Waals surface area contributed by atoms with Gasteiger partial charge in [0.05, 0.1) is 13.2 Å². The van der Waals surface area contributed by atoms with Crippen LogP contribution in [-0.4, -0.2) is 68.7 Å². The van der Waals surface area contributed by atoms with E-state index >= 15 is 0 Å². The maximum absolute atomic E-state index is 5.50. The van der Waals surface area contributed by atoms with Gasteiger partial charge in [0.2, 0.25) is 5.96 Å². The van der Waals surface area contributed by atoms with Gasteiger partial charge < -0.3 is 9.64 Å². The summed E-state index contributed by atoms with van der Waals surface area (Å²) in [5.74, 6) is 6.28. The molecule has 0 amide bonds. The van der Waals surface area contributed by atoms with Gasteiger partial charge in [-0.2, -0.15) is 0 Å². The van der Waals surface area contributed by atoms with Gasteiger partial charge in [-0.3, -0.25) is 10.3 Å². The summed E-state index contributed by atoms with van der Waals surface area (Å²) in [7, 11) is 1.68. The van der Waals surface area contributed by atoms with Crippen LogP contribution in [-0.2, 0) is 4.74 Å². The zero-order valence-electron chi connectivity index (χ0n) is 11.0.